The minimum Gasteiger partial charge on any atom is -0.353 e. The van der Waals surface area contributed by atoms with Gasteiger partial charge in [0.05, 0.1) is 6.20 Å². The fourth-order valence-electron chi connectivity index (χ4n) is 3.05. The van der Waals surface area contributed by atoms with Crippen LogP contribution >= 0.6 is 0 Å². The molecule has 0 atom stereocenters. The zero-order valence-corrected chi connectivity index (χ0v) is 13.7. The molecule has 126 valence electrons. The molecule has 0 aromatic carbocycles. The molecule has 1 N–H and O–H groups in total. The largest absolute Gasteiger partial charge is 0.353 e. The molecule has 0 radical (unpaired) electrons. The van der Waals surface area contributed by atoms with Gasteiger partial charge in [-0.15, -0.1) is 0 Å². The lowest BCUT2D eigenvalue weighted by Crippen LogP contribution is -2.49. The Balaban J connectivity index is 1.47. The van der Waals surface area contributed by atoms with Crippen molar-refractivity contribution in [3.05, 3.63) is 60.8 Å². The summed E-state index contributed by atoms with van der Waals surface area (Å²) in [4.78, 5) is 24.8. The normalized spacial score (nSPS) is 14.6. The molecular weight excluding hydrogens is 316 g/mol. The smallest absolute Gasteiger partial charge is 0.272 e. The number of hydrogen-bond acceptors (Lipinski definition) is 5. The van der Waals surface area contributed by atoms with Gasteiger partial charge in [0.25, 0.3) is 5.91 Å². The van der Waals surface area contributed by atoms with Gasteiger partial charge >= 0.3 is 0 Å². The van der Waals surface area contributed by atoms with Crippen LogP contribution in [0.25, 0.3) is 11.1 Å². The van der Waals surface area contributed by atoms with Gasteiger partial charge < -0.3 is 9.80 Å². The zero-order chi connectivity index (χ0) is 17.1. The van der Waals surface area contributed by atoms with Gasteiger partial charge in [-0.1, -0.05) is 6.07 Å². The number of rotatable bonds is 3. The Labute approximate surface area is 145 Å². The van der Waals surface area contributed by atoms with Crippen LogP contribution in [0.15, 0.2) is 55.1 Å². The van der Waals surface area contributed by atoms with Gasteiger partial charge in [0.1, 0.15) is 11.5 Å². The maximum absolute atomic E-state index is 12.5. The second-order valence-corrected chi connectivity index (χ2v) is 5.86. The number of nitrogens with one attached hydrogen (secondary N) is 1. The van der Waals surface area contributed by atoms with Crippen LogP contribution < -0.4 is 4.90 Å². The van der Waals surface area contributed by atoms with E-state index in [1.165, 1.54) is 0 Å². The van der Waals surface area contributed by atoms with Crippen molar-refractivity contribution < 1.29 is 4.79 Å². The third kappa shape index (κ3) is 3.08. The summed E-state index contributed by atoms with van der Waals surface area (Å²) in [6.07, 6.45) is 7.02. The monoisotopic (exact) mass is 334 g/mol. The third-order valence-corrected chi connectivity index (χ3v) is 4.38. The fraction of sp³-hybridized carbons (Fsp3) is 0.222. The first-order chi connectivity index (χ1) is 12.3. The van der Waals surface area contributed by atoms with E-state index in [4.69, 9.17) is 0 Å². The highest BCUT2D eigenvalue weighted by Gasteiger charge is 2.25. The number of carbonyl (C=O) groups excluding carboxylic acids is 1. The molecule has 1 fully saturated rings. The molecule has 1 saturated heterocycles. The Morgan fingerprint density at radius 3 is 2.52 bits per heavy atom. The van der Waals surface area contributed by atoms with Crippen molar-refractivity contribution in [2.45, 2.75) is 0 Å². The first-order valence-electron chi connectivity index (χ1n) is 8.22. The number of amides is 1. The van der Waals surface area contributed by atoms with Crippen LogP contribution in [0.5, 0.6) is 0 Å². The summed E-state index contributed by atoms with van der Waals surface area (Å²) < 4.78 is 0. The number of piperazine rings is 1. The molecule has 3 aromatic rings. The summed E-state index contributed by atoms with van der Waals surface area (Å²) >= 11 is 0. The van der Waals surface area contributed by atoms with Gasteiger partial charge in [-0.25, -0.2) is 0 Å². The molecule has 1 aliphatic heterocycles. The molecule has 4 rings (SSSR count). The van der Waals surface area contributed by atoms with Crippen LogP contribution in [0.4, 0.5) is 5.82 Å². The molecule has 0 spiro atoms. The Kier molecular flexibility index (Phi) is 4.12. The maximum atomic E-state index is 12.5. The highest BCUT2D eigenvalue weighted by Crippen LogP contribution is 2.28. The maximum Gasteiger partial charge on any atom is 0.272 e. The minimum absolute atomic E-state index is 0.0146. The number of aromatic nitrogens is 4. The van der Waals surface area contributed by atoms with Crippen molar-refractivity contribution in [2.75, 3.05) is 31.1 Å². The van der Waals surface area contributed by atoms with E-state index in [9.17, 15) is 4.79 Å². The molecule has 1 aliphatic rings. The molecule has 7 heteroatoms. The number of H-pyrrole nitrogens is 1. The van der Waals surface area contributed by atoms with E-state index in [2.05, 4.69) is 25.1 Å². The number of hydrogen-bond donors (Lipinski definition) is 1. The highest BCUT2D eigenvalue weighted by molar-refractivity contribution is 5.92. The first kappa shape index (κ1) is 15.3. The van der Waals surface area contributed by atoms with Crippen LogP contribution in [0.1, 0.15) is 10.5 Å². The Bertz CT molecular complexity index is 840. The van der Waals surface area contributed by atoms with E-state index in [0.29, 0.717) is 18.8 Å². The molecule has 1 amide bonds. The van der Waals surface area contributed by atoms with Crippen molar-refractivity contribution in [2.24, 2.45) is 0 Å². The average molecular weight is 334 g/mol. The van der Waals surface area contributed by atoms with E-state index >= 15 is 0 Å². The van der Waals surface area contributed by atoms with Crippen LogP contribution in [0.3, 0.4) is 0 Å². The van der Waals surface area contributed by atoms with Crippen LogP contribution in [0, 0.1) is 0 Å². The van der Waals surface area contributed by atoms with Crippen LogP contribution in [0.2, 0.25) is 0 Å². The Morgan fingerprint density at radius 1 is 1.00 bits per heavy atom. The zero-order valence-electron chi connectivity index (χ0n) is 13.7. The lowest BCUT2D eigenvalue weighted by molar-refractivity contribution is 0.0740. The first-order valence-corrected chi connectivity index (χ1v) is 8.22. The van der Waals surface area contributed by atoms with Gasteiger partial charge in [-0.3, -0.25) is 19.9 Å². The van der Waals surface area contributed by atoms with E-state index in [-0.39, 0.29) is 5.91 Å². The molecule has 3 aromatic heterocycles. The number of carbonyl (C=O) groups is 1. The van der Waals surface area contributed by atoms with Gasteiger partial charge in [0.15, 0.2) is 0 Å². The second kappa shape index (κ2) is 6.72. The third-order valence-electron chi connectivity index (χ3n) is 4.38. The number of nitrogens with zero attached hydrogens (tertiary/aromatic N) is 5. The number of aromatic amines is 1. The van der Waals surface area contributed by atoms with E-state index in [1.807, 2.05) is 35.4 Å². The summed E-state index contributed by atoms with van der Waals surface area (Å²) in [5.41, 5.74) is 2.62. The van der Waals surface area contributed by atoms with Crippen molar-refractivity contribution in [3.63, 3.8) is 0 Å². The predicted molar refractivity (Wildman–Crippen MR) is 94.2 cm³/mol. The van der Waals surface area contributed by atoms with E-state index < -0.39 is 0 Å². The highest BCUT2D eigenvalue weighted by atomic mass is 16.2. The molecule has 7 nitrogen and oxygen atoms in total. The van der Waals surface area contributed by atoms with Crippen molar-refractivity contribution in [3.8, 4) is 11.1 Å². The van der Waals surface area contributed by atoms with Crippen molar-refractivity contribution >= 4 is 11.7 Å². The molecular formula is C18H18N6O. The molecule has 25 heavy (non-hydrogen) atoms. The predicted octanol–water partition coefficient (Wildman–Crippen LogP) is 1.83. The van der Waals surface area contributed by atoms with Gasteiger partial charge in [-0.05, 0) is 29.8 Å². The second-order valence-electron chi connectivity index (χ2n) is 5.86. The lowest BCUT2D eigenvalue weighted by Gasteiger charge is -2.35. The minimum atomic E-state index is -0.0146. The number of pyridine rings is 2. The van der Waals surface area contributed by atoms with Crippen molar-refractivity contribution in [1.29, 1.82) is 0 Å². The quantitative estimate of drug-likeness (QED) is 0.791. The van der Waals surface area contributed by atoms with Crippen LogP contribution in [-0.4, -0.2) is 57.2 Å². The summed E-state index contributed by atoms with van der Waals surface area (Å²) in [5.74, 6) is 0.968. The van der Waals surface area contributed by atoms with E-state index in [1.54, 1.807) is 24.7 Å². The van der Waals surface area contributed by atoms with Gasteiger partial charge in [0.2, 0.25) is 0 Å². The Morgan fingerprint density at radius 2 is 1.80 bits per heavy atom. The average Bonchev–Trinajstić information content (AvgIpc) is 3.19. The lowest BCUT2D eigenvalue weighted by atomic mass is 10.1. The van der Waals surface area contributed by atoms with Gasteiger partial charge in [0, 0.05) is 50.3 Å². The number of anilines is 1. The summed E-state index contributed by atoms with van der Waals surface area (Å²) in [6, 6.07) is 9.34. The summed E-state index contributed by atoms with van der Waals surface area (Å²) in [7, 11) is 0. The SMILES string of the molecule is O=C(c1ccccn1)N1CCN(c2[nH]ncc2-c2ccncc2)CC1. The summed E-state index contributed by atoms with van der Waals surface area (Å²) in [6.45, 7) is 2.81. The Hall–Kier alpha value is -3.22. The molecule has 0 unspecified atom stereocenters. The standard InChI is InChI=1S/C18H18N6O/c25-18(16-3-1-2-6-20-16)24-11-9-23(10-12-24)17-15(13-21-22-17)14-4-7-19-8-5-14/h1-8,13H,9-12H2,(H,21,22). The van der Waals surface area contributed by atoms with Crippen LogP contribution in [-0.2, 0) is 0 Å². The summed E-state index contributed by atoms with van der Waals surface area (Å²) in [5, 5.41) is 7.29. The molecule has 4 heterocycles. The van der Waals surface area contributed by atoms with E-state index in [0.717, 1.165) is 30.0 Å². The fourth-order valence-corrected chi connectivity index (χ4v) is 3.05. The molecule has 0 saturated carbocycles. The topological polar surface area (TPSA) is 78.0 Å². The molecule has 0 aliphatic carbocycles. The van der Waals surface area contributed by atoms with Crippen molar-refractivity contribution in [1.82, 2.24) is 25.1 Å². The molecule has 0 bridgehead atoms. The van der Waals surface area contributed by atoms with Gasteiger partial charge in [-0.2, -0.15) is 5.10 Å².